The van der Waals surface area contributed by atoms with E-state index in [0.29, 0.717) is 18.0 Å². The van der Waals surface area contributed by atoms with Crippen molar-refractivity contribution in [1.82, 2.24) is 4.90 Å². The number of nitrogens with zero attached hydrogens (tertiary/aromatic N) is 2. The molecule has 1 rings (SSSR count). The van der Waals surface area contributed by atoms with E-state index >= 15 is 0 Å². The molecule has 15 heavy (non-hydrogen) atoms. The first-order chi connectivity index (χ1) is 7.06. The van der Waals surface area contributed by atoms with E-state index in [1.54, 1.807) is 0 Å². The van der Waals surface area contributed by atoms with Crippen LogP contribution in [0.15, 0.2) is 0 Å². The maximum absolute atomic E-state index is 9.07. The standard InChI is InChI=1S/C13H24N2/c1-10(2)13-8-12(9-14)6-5-7-15(13)11(3)4/h10-13H,5-8H2,1-4H3. The fourth-order valence-electron chi connectivity index (χ4n) is 2.64. The van der Waals surface area contributed by atoms with Crippen LogP contribution in [-0.4, -0.2) is 23.5 Å². The molecule has 2 atom stereocenters. The molecule has 0 aromatic carbocycles. The quantitative estimate of drug-likeness (QED) is 0.697. The lowest BCUT2D eigenvalue weighted by Crippen LogP contribution is -2.43. The molecule has 0 amide bonds. The summed E-state index contributed by atoms with van der Waals surface area (Å²) in [7, 11) is 0. The molecular formula is C13H24N2. The smallest absolute Gasteiger partial charge is 0.0656 e. The van der Waals surface area contributed by atoms with Crippen molar-refractivity contribution in [2.75, 3.05) is 6.54 Å². The summed E-state index contributed by atoms with van der Waals surface area (Å²) in [5.74, 6) is 0.933. The van der Waals surface area contributed by atoms with Crippen molar-refractivity contribution in [2.45, 2.75) is 59.0 Å². The third-order valence-electron chi connectivity index (χ3n) is 3.54. The van der Waals surface area contributed by atoms with Gasteiger partial charge in [-0.2, -0.15) is 5.26 Å². The Labute approximate surface area is 94.3 Å². The van der Waals surface area contributed by atoms with E-state index in [1.807, 2.05) is 0 Å². The first-order valence-electron chi connectivity index (χ1n) is 6.21. The van der Waals surface area contributed by atoms with Crippen LogP contribution in [0.5, 0.6) is 0 Å². The second kappa shape index (κ2) is 5.51. The topological polar surface area (TPSA) is 27.0 Å². The van der Waals surface area contributed by atoms with E-state index in [2.05, 4.69) is 38.7 Å². The fourth-order valence-corrected chi connectivity index (χ4v) is 2.64. The van der Waals surface area contributed by atoms with Crippen molar-refractivity contribution in [2.24, 2.45) is 11.8 Å². The van der Waals surface area contributed by atoms with Crippen LogP contribution in [0.4, 0.5) is 0 Å². The van der Waals surface area contributed by atoms with Gasteiger partial charge in [0.05, 0.1) is 6.07 Å². The second-order valence-corrected chi connectivity index (χ2v) is 5.35. The molecule has 2 unspecified atom stereocenters. The van der Waals surface area contributed by atoms with Crippen molar-refractivity contribution < 1.29 is 0 Å². The molecule has 0 aromatic heterocycles. The van der Waals surface area contributed by atoms with Crippen molar-refractivity contribution in [1.29, 1.82) is 5.26 Å². The molecule has 0 aliphatic carbocycles. The normalized spacial score (nSPS) is 29.1. The van der Waals surface area contributed by atoms with Gasteiger partial charge in [-0.25, -0.2) is 0 Å². The molecule has 2 heteroatoms. The highest BCUT2D eigenvalue weighted by Gasteiger charge is 2.29. The molecule has 0 N–H and O–H groups in total. The predicted octanol–water partition coefficient (Wildman–Crippen LogP) is 3.05. The first kappa shape index (κ1) is 12.5. The van der Waals surface area contributed by atoms with Crippen molar-refractivity contribution in [3.63, 3.8) is 0 Å². The number of hydrogen-bond donors (Lipinski definition) is 0. The van der Waals surface area contributed by atoms with Crippen LogP contribution in [0.3, 0.4) is 0 Å². The summed E-state index contributed by atoms with van der Waals surface area (Å²) >= 11 is 0. The zero-order valence-corrected chi connectivity index (χ0v) is 10.5. The van der Waals surface area contributed by atoms with E-state index < -0.39 is 0 Å². The lowest BCUT2D eigenvalue weighted by atomic mass is 9.91. The number of likely N-dealkylation sites (tertiary alicyclic amines) is 1. The van der Waals surface area contributed by atoms with Gasteiger partial charge in [-0.15, -0.1) is 0 Å². The molecule has 1 aliphatic rings. The Kier molecular flexibility index (Phi) is 4.60. The van der Waals surface area contributed by atoms with Crippen LogP contribution in [0.2, 0.25) is 0 Å². The second-order valence-electron chi connectivity index (χ2n) is 5.35. The van der Waals surface area contributed by atoms with E-state index in [0.717, 1.165) is 12.8 Å². The summed E-state index contributed by atoms with van der Waals surface area (Å²) in [6, 6.07) is 3.66. The monoisotopic (exact) mass is 208 g/mol. The summed E-state index contributed by atoms with van der Waals surface area (Å²) in [5, 5.41) is 9.07. The number of nitriles is 1. The Morgan fingerprint density at radius 2 is 1.93 bits per heavy atom. The summed E-state index contributed by atoms with van der Waals surface area (Å²) in [4.78, 5) is 2.59. The maximum atomic E-state index is 9.07. The molecule has 0 radical (unpaired) electrons. The largest absolute Gasteiger partial charge is 0.298 e. The zero-order chi connectivity index (χ0) is 11.4. The van der Waals surface area contributed by atoms with Gasteiger partial charge in [0.15, 0.2) is 0 Å². The minimum Gasteiger partial charge on any atom is -0.298 e. The van der Waals surface area contributed by atoms with Gasteiger partial charge in [-0.1, -0.05) is 13.8 Å². The molecule has 1 fully saturated rings. The molecule has 0 saturated carbocycles. The molecule has 1 saturated heterocycles. The third-order valence-corrected chi connectivity index (χ3v) is 3.54. The first-order valence-corrected chi connectivity index (χ1v) is 6.21. The van der Waals surface area contributed by atoms with Crippen LogP contribution in [0.25, 0.3) is 0 Å². The lowest BCUT2D eigenvalue weighted by molar-refractivity contribution is 0.118. The molecule has 0 aromatic rings. The Hall–Kier alpha value is -0.550. The van der Waals surface area contributed by atoms with Crippen LogP contribution >= 0.6 is 0 Å². The predicted molar refractivity (Wildman–Crippen MR) is 63.4 cm³/mol. The Bertz CT molecular complexity index is 227. The third kappa shape index (κ3) is 3.21. The average Bonchev–Trinajstić information content (AvgIpc) is 2.38. The highest BCUT2D eigenvalue weighted by Crippen LogP contribution is 2.27. The van der Waals surface area contributed by atoms with Gasteiger partial charge in [0.25, 0.3) is 0 Å². The van der Waals surface area contributed by atoms with Gasteiger partial charge in [0.2, 0.25) is 0 Å². The molecule has 2 nitrogen and oxygen atoms in total. The molecule has 0 spiro atoms. The van der Waals surface area contributed by atoms with E-state index in [4.69, 9.17) is 5.26 Å². The summed E-state index contributed by atoms with van der Waals surface area (Å²) in [6.45, 7) is 10.3. The van der Waals surface area contributed by atoms with Crippen LogP contribution < -0.4 is 0 Å². The highest BCUT2D eigenvalue weighted by atomic mass is 15.2. The lowest BCUT2D eigenvalue weighted by Gasteiger charge is -2.36. The Morgan fingerprint density at radius 1 is 1.27 bits per heavy atom. The van der Waals surface area contributed by atoms with E-state index in [9.17, 15) is 0 Å². The molecule has 1 heterocycles. The molecule has 86 valence electrons. The maximum Gasteiger partial charge on any atom is 0.0656 e. The summed E-state index contributed by atoms with van der Waals surface area (Å²) in [5.41, 5.74) is 0. The van der Waals surface area contributed by atoms with Crippen LogP contribution in [-0.2, 0) is 0 Å². The highest BCUT2D eigenvalue weighted by molar-refractivity contribution is 4.91. The van der Waals surface area contributed by atoms with E-state index in [1.165, 1.54) is 13.0 Å². The van der Waals surface area contributed by atoms with Crippen molar-refractivity contribution >= 4 is 0 Å². The zero-order valence-electron chi connectivity index (χ0n) is 10.5. The van der Waals surface area contributed by atoms with Gasteiger partial charge < -0.3 is 0 Å². The Morgan fingerprint density at radius 3 is 2.40 bits per heavy atom. The molecule has 1 aliphatic heterocycles. The van der Waals surface area contributed by atoms with Gasteiger partial charge >= 0.3 is 0 Å². The fraction of sp³-hybridized carbons (Fsp3) is 0.923. The van der Waals surface area contributed by atoms with E-state index in [-0.39, 0.29) is 5.92 Å². The van der Waals surface area contributed by atoms with Crippen LogP contribution in [0.1, 0.15) is 47.0 Å². The van der Waals surface area contributed by atoms with Crippen LogP contribution in [0, 0.1) is 23.2 Å². The minimum atomic E-state index is 0.279. The molecule has 0 bridgehead atoms. The summed E-state index contributed by atoms with van der Waals surface area (Å²) < 4.78 is 0. The van der Waals surface area contributed by atoms with Gasteiger partial charge in [-0.05, 0) is 45.6 Å². The van der Waals surface area contributed by atoms with Gasteiger partial charge in [0, 0.05) is 18.0 Å². The SMILES string of the molecule is CC(C)C1CC(C#N)CCCN1C(C)C. The minimum absolute atomic E-state index is 0.279. The number of hydrogen-bond acceptors (Lipinski definition) is 2. The molecular weight excluding hydrogens is 184 g/mol. The van der Waals surface area contributed by atoms with Crippen molar-refractivity contribution in [3.8, 4) is 6.07 Å². The average molecular weight is 208 g/mol. The Balaban J connectivity index is 2.75. The van der Waals surface area contributed by atoms with Gasteiger partial charge in [-0.3, -0.25) is 4.90 Å². The summed E-state index contributed by atoms with van der Waals surface area (Å²) in [6.07, 6.45) is 3.33. The van der Waals surface area contributed by atoms with Gasteiger partial charge in [0.1, 0.15) is 0 Å². The number of rotatable bonds is 2. The van der Waals surface area contributed by atoms with Crippen molar-refractivity contribution in [3.05, 3.63) is 0 Å².